The van der Waals surface area contributed by atoms with Gasteiger partial charge in [0.25, 0.3) is 0 Å². The molecule has 0 radical (unpaired) electrons. The van der Waals surface area contributed by atoms with Crippen molar-refractivity contribution in [2.45, 2.75) is 88.8 Å². The second kappa shape index (κ2) is 14.1. The van der Waals surface area contributed by atoms with Gasteiger partial charge in [0.2, 0.25) is 5.91 Å². The summed E-state index contributed by atoms with van der Waals surface area (Å²) in [6, 6.07) is 4.19. The number of carbonyl (C=O) groups excluding carboxylic acids is 1. The van der Waals surface area contributed by atoms with Gasteiger partial charge in [0.05, 0.1) is 35.6 Å². The van der Waals surface area contributed by atoms with Crippen LogP contribution >= 0.6 is 0 Å². The normalized spacial score (nSPS) is 30.2. The number of halogens is 3. The van der Waals surface area contributed by atoms with E-state index in [1.54, 1.807) is 6.20 Å². The van der Waals surface area contributed by atoms with Gasteiger partial charge in [-0.05, 0) is 82.4 Å². The molecule has 3 saturated heterocycles. The second-order valence-corrected chi connectivity index (χ2v) is 16.1. The number of unbranched alkanes of at least 4 members (excludes halogenated alkanes) is 1. The molecule has 2 unspecified atom stereocenters. The predicted octanol–water partition coefficient (Wildman–Crippen LogP) is 2.96. The third kappa shape index (κ3) is 8.60. The number of aliphatic hydroxyl groups is 2. The molecule has 0 aromatic carbocycles. The quantitative estimate of drug-likeness (QED) is 0.254. The zero-order chi connectivity index (χ0) is 33.2. The summed E-state index contributed by atoms with van der Waals surface area (Å²) in [7, 11) is -2.96. The Morgan fingerprint density at radius 2 is 1.80 bits per heavy atom. The van der Waals surface area contributed by atoms with E-state index in [1.165, 1.54) is 0 Å². The number of likely N-dealkylation sites (tertiary alicyclic amines) is 2. The summed E-state index contributed by atoms with van der Waals surface area (Å²) in [5.41, 5.74) is 0.000258. The van der Waals surface area contributed by atoms with Gasteiger partial charge in [-0.2, -0.15) is 13.2 Å². The van der Waals surface area contributed by atoms with Crippen molar-refractivity contribution in [2.24, 2.45) is 5.41 Å². The topological polar surface area (TPSA) is 126 Å². The number of aromatic nitrogens is 1. The predicted molar refractivity (Wildman–Crippen MR) is 169 cm³/mol. The summed E-state index contributed by atoms with van der Waals surface area (Å²) >= 11 is 0. The van der Waals surface area contributed by atoms with Crippen molar-refractivity contribution in [1.82, 2.24) is 20.1 Å². The third-order valence-corrected chi connectivity index (χ3v) is 12.2. The van der Waals surface area contributed by atoms with Gasteiger partial charge < -0.3 is 20.4 Å². The molecule has 0 bridgehead atoms. The van der Waals surface area contributed by atoms with Crippen molar-refractivity contribution in [1.29, 1.82) is 0 Å². The lowest BCUT2D eigenvalue weighted by Gasteiger charge is -2.40. The fourth-order valence-electron chi connectivity index (χ4n) is 7.48. The van der Waals surface area contributed by atoms with Crippen LogP contribution in [0.15, 0.2) is 30.0 Å². The number of hydrogen-bond acceptors (Lipinski definition) is 9. The molecule has 1 saturated carbocycles. The molecule has 1 aliphatic carbocycles. The van der Waals surface area contributed by atoms with Gasteiger partial charge in [0.1, 0.15) is 11.8 Å². The first-order chi connectivity index (χ1) is 21.7. The van der Waals surface area contributed by atoms with Gasteiger partial charge in [0.15, 0.2) is 9.84 Å². The highest BCUT2D eigenvalue weighted by molar-refractivity contribution is 7.91. The monoisotopic (exact) mass is 671 g/mol. The van der Waals surface area contributed by atoms with E-state index in [1.807, 2.05) is 21.9 Å². The van der Waals surface area contributed by atoms with Crippen LogP contribution in [0.25, 0.3) is 0 Å². The SMILES string of the molecule is C/C(=C\CCCC(=O)NCC(O)N1CCC2(CCN(C3CCC(O)(c4ccc(N5CCS(=O)(=O)CC5)cn4)CC3)C2)C1)C(F)(F)F. The molecule has 3 N–H and O–H groups in total. The van der Waals surface area contributed by atoms with Crippen LogP contribution in [0, 0.1) is 5.41 Å². The van der Waals surface area contributed by atoms with E-state index < -0.39 is 33.4 Å². The van der Waals surface area contributed by atoms with Crippen molar-refractivity contribution in [3.8, 4) is 0 Å². The Labute approximate surface area is 269 Å². The number of nitrogens with one attached hydrogen (secondary N) is 1. The lowest BCUT2D eigenvalue weighted by atomic mass is 9.79. The second-order valence-electron chi connectivity index (χ2n) is 13.8. The fraction of sp³-hybridized carbons (Fsp3) is 0.750. The summed E-state index contributed by atoms with van der Waals surface area (Å²) in [5, 5.41) is 25.0. The highest BCUT2D eigenvalue weighted by Gasteiger charge is 2.47. The number of nitrogens with zero attached hydrogens (tertiary/aromatic N) is 4. The summed E-state index contributed by atoms with van der Waals surface area (Å²) in [6.07, 6.45) is 3.28. The zero-order valence-electron chi connectivity index (χ0n) is 26.6. The number of aliphatic hydroxyl groups excluding tert-OH is 1. The molecule has 46 heavy (non-hydrogen) atoms. The van der Waals surface area contributed by atoms with E-state index in [9.17, 15) is 36.6 Å². The first-order valence-corrected chi connectivity index (χ1v) is 18.3. The molecule has 1 spiro atoms. The Balaban J connectivity index is 1.03. The van der Waals surface area contributed by atoms with E-state index in [0.717, 1.165) is 70.5 Å². The smallest absolute Gasteiger partial charge is 0.384 e. The number of rotatable bonds is 10. The van der Waals surface area contributed by atoms with E-state index in [4.69, 9.17) is 0 Å². The number of allylic oxidation sites excluding steroid dienone is 2. The highest BCUT2D eigenvalue weighted by Crippen LogP contribution is 2.44. The molecular weight excluding hydrogens is 623 g/mol. The Bertz CT molecular complexity index is 1340. The molecule has 1 aromatic heterocycles. The number of hydrogen-bond donors (Lipinski definition) is 3. The first-order valence-electron chi connectivity index (χ1n) is 16.5. The fourth-order valence-corrected chi connectivity index (χ4v) is 8.68. The number of alkyl halides is 3. The summed E-state index contributed by atoms with van der Waals surface area (Å²) in [4.78, 5) is 23.3. The van der Waals surface area contributed by atoms with Crippen molar-refractivity contribution in [2.75, 3.05) is 62.2 Å². The van der Waals surface area contributed by atoms with Crippen molar-refractivity contribution in [3.05, 3.63) is 35.7 Å². The van der Waals surface area contributed by atoms with Crippen LogP contribution in [-0.4, -0.2) is 115 Å². The lowest BCUT2D eigenvalue weighted by molar-refractivity contribution is -0.122. The van der Waals surface area contributed by atoms with Crippen LogP contribution in [0.2, 0.25) is 0 Å². The molecule has 2 atom stereocenters. The van der Waals surface area contributed by atoms with Crippen LogP contribution in [0.1, 0.15) is 70.4 Å². The first kappa shape index (κ1) is 35.1. The minimum absolute atomic E-state index is 0.0895. The summed E-state index contributed by atoms with van der Waals surface area (Å²) < 4.78 is 61.2. The van der Waals surface area contributed by atoms with Crippen LogP contribution in [0.3, 0.4) is 0 Å². The molecule has 5 rings (SSSR count). The maximum Gasteiger partial charge on any atom is 0.412 e. The molecule has 10 nitrogen and oxygen atoms in total. The van der Waals surface area contributed by atoms with Crippen LogP contribution in [0.5, 0.6) is 0 Å². The molecular formula is C32H48F3N5O5S. The van der Waals surface area contributed by atoms with Crippen LogP contribution in [-0.2, 0) is 20.2 Å². The third-order valence-electron chi connectivity index (χ3n) is 10.6. The van der Waals surface area contributed by atoms with Crippen LogP contribution < -0.4 is 10.2 Å². The average Bonchev–Trinajstić information content (AvgIpc) is 3.64. The Kier molecular flexibility index (Phi) is 10.7. The van der Waals surface area contributed by atoms with E-state index in [0.29, 0.717) is 44.1 Å². The highest BCUT2D eigenvalue weighted by atomic mass is 32.2. The number of sulfone groups is 1. The Hall–Kier alpha value is -2.26. The minimum Gasteiger partial charge on any atom is -0.384 e. The molecule has 4 heterocycles. The molecule has 3 aliphatic heterocycles. The Morgan fingerprint density at radius 3 is 2.46 bits per heavy atom. The van der Waals surface area contributed by atoms with Gasteiger partial charge >= 0.3 is 6.18 Å². The molecule has 4 fully saturated rings. The van der Waals surface area contributed by atoms with Gasteiger partial charge in [0, 0.05) is 50.8 Å². The zero-order valence-corrected chi connectivity index (χ0v) is 27.5. The van der Waals surface area contributed by atoms with Crippen molar-refractivity contribution in [3.63, 3.8) is 0 Å². The van der Waals surface area contributed by atoms with E-state index in [2.05, 4.69) is 15.2 Å². The molecule has 1 amide bonds. The number of pyridine rings is 1. The summed E-state index contributed by atoms with van der Waals surface area (Å²) in [6.45, 7) is 5.43. The molecule has 14 heteroatoms. The van der Waals surface area contributed by atoms with E-state index >= 15 is 0 Å². The van der Waals surface area contributed by atoms with Crippen molar-refractivity contribution >= 4 is 21.4 Å². The number of anilines is 1. The minimum atomic E-state index is -4.34. The molecule has 1 aromatic rings. The summed E-state index contributed by atoms with van der Waals surface area (Å²) in [5.74, 6) is 0.0173. The van der Waals surface area contributed by atoms with Gasteiger partial charge in [-0.25, -0.2) is 8.42 Å². The largest absolute Gasteiger partial charge is 0.412 e. The maximum atomic E-state index is 12.6. The maximum absolute atomic E-state index is 12.6. The molecule has 4 aliphatic rings. The van der Waals surface area contributed by atoms with Gasteiger partial charge in [-0.15, -0.1) is 0 Å². The number of amides is 1. The van der Waals surface area contributed by atoms with Crippen molar-refractivity contribution < 1.29 is 36.6 Å². The van der Waals surface area contributed by atoms with Gasteiger partial charge in [-0.1, -0.05) is 6.08 Å². The van der Waals surface area contributed by atoms with Gasteiger partial charge in [-0.3, -0.25) is 19.6 Å². The lowest BCUT2D eigenvalue weighted by Crippen LogP contribution is -2.45. The Morgan fingerprint density at radius 1 is 1.11 bits per heavy atom. The number of carbonyl (C=O) groups is 1. The standard InChI is InChI=1S/C32H48F3N5O5S/c1-24(32(33,34)35)4-2-3-5-28(41)37-21-29(42)40-15-13-30(23-40)12-14-39(22-30)25-8-10-31(43,11-9-25)27-7-6-26(20-36-27)38-16-18-46(44,45)19-17-38/h4,6-7,20,25,29,42-43H,2-3,5,8-19,21-23H2,1H3,(H,37,41)/b24-4+. The average molecular weight is 672 g/mol. The molecule has 258 valence electrons. The van der Waals surface area contributed by atoms with Crippen LogP contribution in [0.4, 0.5) is 18.9 Å². The van der Waals surface area contributed by atoms with E-state index in [-0.39, 0.29) is 42.2 Å².